The maximum atomic E-state index is 11.2. The average molecular weight is 263 g/mol. The Morgan fingerprint density at radius 2 is 1.89 bits per heavy atom. The molecule has 1 N–H and O–H groups in total. The van der Waals surface area contributed by atoms with Gasteiger partial charge >= 0.3 is 5.97 Å². The summed E-state index contributed by atoms with van der Waals surface area (Å²) in [6, 6.07) is 7.67. The molecule has 1 aliphatic heterocycles. The number of piperidine rings is 1. The second-order valence-corrected chi connectivity index (χ2v) is 5.20. The number of methoxy groups -OCH3 is 1. The summed E-state index contributed by atoms with van der Waals surface area (Å²) in [5.74, 6) is 0.636. The van der Waals surface area contributed by atoms with Crippen LogP contribution in [0.3, 0.4) is 0 Å². The number of ether oxygens (including phenoxy) is 2. The Hall–Kier alpha value is -1.55. The number of rotatable bonds is 4. The minimum Gasteiger partial charge on any atom is -0.487 e. The van der Waals surface area contributed by atoms with Gasteiger partial charge in [0.05, 0.1) is 13.5 Å². The van der Waals surface area contributed by atoms with Gasteiger partial charge in [-0.15, -0.1) is 0 Å². The number of benzene rings is 1. The summed E-state index contributed by atoms with van der Waals surface area (Å²) in [5.41, 5.74) is 0.851. The van der Waals surface area contributed by atoms with Gasteiger partial charge in [0.1, 0.15) is 11.4 Å². The number of hydrogen-bond acceptors (Lipinski definition) is 4. The van der Waals surface area contributed by atoms with Gasteiger partial charge in [-0.2, -0.15) is 0 Å². The Balaban J connectivity index is 1.96. The molecule has 1 aromatic carbocycles. The van der Waals surface area contributed by atoms with Gasteiger partial charge in [-0.1, -0.05) is 12.1 Å². The zero-order chi connectivity index (χ0) is 13.7. The molecule has 0 radical (unpaired) electrons. The minimum absolute atomic E-state index is 0.0882. The maximum Gasteiger partial charge on any atom is 0.309 e. The molecule has 0 amide bonds. The molecule has 0 spiro atoms. The smallest absolute Gasteiger partial charge is 0.309 e. The summed E-state index contributed by atoms with van der Waals surface area (Å²) in [7, 11) is 1.40. The van der Waals surface area contributed by atoms with E-state index in [4.69, 9.17) is 4.74 Å². The molecule has 2 rings (SSSR count). The molecule has 1 aromatic rings. The van der Waals surface area contributed by atoms with Crippen molar-refractivity contribution in [3.05, 3.63) is 29.8 Å². The molecule has 0 aliphatic carbocycles. The number of esters is 1. The largest absolute Gasteiger partial charge is 0.487 e. The molecule has 1 aliphatic rings. The molecule has 4 heteroatoms. The van der Waals surface area contributed by atoms with Crippen molar-refractivity contribution in [3.63, 3.8) is 0 Å². The highest BCUT2D eigenvalue weighted by Gasteiger charge is 2.28. The molecular formula is C15H21NO3. The number of carbonyl (C=O) groups is 1. The van der Waals surface area contributed by atoms with Crippen molar-refractivity contribution in [2.75, 3.05) is 20.2 Å². The van der Waals surface area contributed by atoms with Crippen LogP contribution in [-0.2, 0) is 16.0 Å². The van der Waals surface area contributed by atoms with E-state index in [1.54, 1.807) is 0 Å². The molecule has 0 saturated carbocycles. The van der Waals surface area contributed by atoms with Gasteiger partial charge in [-0.05, 0) is 50.6 Å². The second kappa shape index (κ2) is 6.06. The normalized spacial score (nSPS) is 17.8. The van der Waals surface area contributed by atoms with Crippen LogP contribution in [0.1, 0.15) is 25.3 Å². The lowest BCUT2D eigenvalue weighted by Crippen LogP contribution is -2.43. The highest BCUT2D eigenvalue weighted by Crippen LogP contribution is 2.26. The van der Waals surface area contributed by atoms with Crippen molar-refractivity contribution in [2.45, 2.75) is 31.8 Å². The van der Waals surface area contributed by atoms with E-state index >= 15 is 0 Å². The standard InChI is InChI=1S/C15H21NO3/c1-15(7-9-16-10-8-15)19-13-5-3-12(4-6-13)11-14(17)18-2/h3-6,16H,7-11H2,1-2H3. The first-order valence-corrected chi connectivity index (χ1v) is 6.67. The molecule has 1 saturated heterocycles. The highest BCUT2D eigenvalue weighted by atomic mass is 16.5. The van der Waals surface area contributed by atoms with Crippen LogP contribution in [0.15, 0.2) is 24.3 Å². The van der Waals surface area contributed by atoms with Crippen LogP contribution in [0.2, 0.25) is 0 Å². The zero-order valence-electron chi connectivity index (χ0n) is 11.6. The van der Waals surface area contributed by atoms with Crippen molar-refractivity contribution in [2.24, 2.45) is 0 Å². The third kappa shape index (κ3) is 3.96. The van der Waals surface area contributed by atoms with Crippen LogP contribution in [0.4, 0.5) is 0 Å². The van der Waals surface area contributed by atoms with Crippen LogP contribution in [0.25, 0.3) is 0 Å². The van der Waals surface area contributed by atoms with Crippen molar-refractivity contribution >= 4 is 5.97 Å². The first kappa shape index (κ1) is 13.9. The SMILES string of the molecule is COC(=O)Cc1ccc(OC2(C)CCNCC2)cc1. The van der Waals surface area contributed by atoms with Crippen molar-refractivity contribution in [1.82, 2.24) is 5.32 Å². The van der Waals surface area contributed by atoms with E-state index in [1.165, 1.54) is 7.11 Å². The Morgan fingerprint density at radius 1 is 1.26 bits per heavy atom. The fourth-order valence-electron chi connectivity index (χ4n) is 2.26. The average Bonchev–Trinajstić information content (AvgIpc) is 2.41. The summed E-state index contributed by atoms with van der Waals surface area (Å²) < 4.78 is 10.7. The summed E-state index contributed by atoms with van der Waals surface area (Å²) in [5, 5.41) is 3.33. The lowest BCUT2D eigenvalue weighted by Gasteiger charge is -2.34. The van der Waals surface area contributed by atoms with Gasteiger partial charge in [-0.3, -0.25) is 4.79 Å². The third-order valence-electron chi connectivity index (χ3n) is 3.52. The maximum absolute atomic E-state index is 11.2. The predicted octanol–water partition coefficient (Wildman–Crippen LogP) is 1.92. The molecule has 1 heterocycles. The predicted molar refractivity (Wildman–Crippen MR) is 73.3 cm³/mol. The van der Waals surface area contributed by atoms with E-state index in [2.05, 4.69) is 17.0 Å². The van der Waals surface area contributed by atoms with E-state index in [-0.39, 0.29) is 11.6 Å². The molecule has 1 fully saturated rings. The van der Waals surface area contributed by atoms with Crippen LogP contribution in [0.5, 0.6) is 5.75 Å². The molecule has 0 aromatic heterocycles. The van der Waals surface area contributed by atoms with Crippen LogP contribution in [0, 0.1) is 0 Å². The molecule has 0 atom stereocenters. The van der Waals surface area contributed by atoms with Gasteiger partial charge in [0.15, 0.2) is 0 Å². The van der Waals surface area contributed by atoms with E-state index in [1.807, 2.05) is 24.3 Å². The Labute approximate surface area is 114 Å². The lowest BCUT2D eigenvalue weighted by molar-refractivity contribution is -0.139. The monoisotopic (exact) mass is 263 g/mol. The summed E-state index contributed by atoms with van der Waals surface area (Å²) >= 11 is 0. The number of hydrogen-bond donors (Lipinski definition) is 1. The van der Waals surface area contributed by atoms with E-state index in [0.29, 0.717) is 6.42 Å². The van der Waals surface area contributed by atoms with Gasteiger partial charge < -0.3 is 14.8 Å². The van der Waals surface area contributed by atoms with Gasteiger partial charge in [0, 0.05) is 0 Å². The van der Waals surface area contributed by atoms with Crippen molar-refractivity contribution in [3.8, 4) is 5.75 Å². The van der Waals surface area contributed by atoms with Gasteiger partial charge in [0.25, 0.3) is 0 Å². The van der Waals surface area contributed by atoms with Gasteiger partial charge in [-0.25, -0.2) is 0 Å². The first-order chi connectivity index (χ1) is 9.11. The van der Waals surface area contributed by atoms with E-state index < -0.39 is 0 Å². The molecule has 19 heavy (non-hydrogen) atoms. The number of nitrogens with one attached hydrogen (secondary N) is 1. The molecule has 104 valence electrons. The topological polar surface area (TPSA) is 47.6 Å². The van der Waals surface area contributed by atoms with E-state index in [0.717, 1.165) is 37.2 Å². The Kier molecular flexibility index (Phi) is 4.43. The molecule has 0 bridgehead atoms. The Morgan fingerprint density at radius 3 is 2.47 bits per heavy atom. The number of carbonyl (C=O) groups excluding carboxylic acids is 1. The van der Waals surface area contributed by atoms with E-state index in [9.17, 15) is 4.79 Å². The van der Waals surface area contributed by atoms with Crippen LogP contribution < -0.4 is 10.1 Å². The lowest BCUT2D eigenvalue weighted by atomic mass is 9.94. The fraction of sp³-hybridized carbons (Fsp3) is 0.533. The van der Waals surface area contributed by atoms with Gasteiger partial charge in [0.2, 0.25) is 0 Å². The van der Waals surface area contributed by atoms with Crippen molar-refractivity contribution in [1.29, 1.82) is 0 Å². The fourth-order valence-corrected chi connectivity index (χ4v) is 2.26. The zero-order valence-corrected chi connectivity index (χ0v) is 11.6. The molecular weight excluding hydrogens is 242 g/mol. The summed E-state index contributed by atoms with van der Waals surface area (Å²) in [6.07, 6.45) is 2.33. The molecule has 4 nitrogen and oxygen atoms in total. The Bertz CT molecular complexity index is 422. The third-order valence-corrected chi connectivity index (χ3v) is 3.52. The van der Waals surface area contributed by atoms with Crippen LogP contribution >= 0.6 is 0 Å². The minimum atomic E-state index is -0.223. The first-order valence-electron chi connectivity index (χ1n) is 6.67. The summed E-state index contributed by atoms with van der Waals surface area (Å²) in [6.45, 7) is 4.14. The highest BCUT2D eigenvalue weighted by molar-refractivity contribution is 5.72. The summed E-state index contributed by atoms with van der Waals surface area (Å²) in [4.78, 5) is 11.2. The quantitative estimate of drug-likeness (QED) is 0.843. The second-order valence-electron chi connectivity index (χ2n) is 5.20. The van der Waals surface area contributed by atoms with Crippen LogP contribution in [-0.4, -0.2) is 31.8 Å². The van der Waals surface area contributed by atoms with Crippen molar-refractivity contribution < 1.29 is 14.3 Å². The molecule has 0 unspecified atom stereocenters.